The highest BCUT2D eigenvalue weighted by Gasteiger charge is 2.10. The molecule has 0 unspecified atom stereocenters. The number of carbonyl (C=O) groups is 1. The van der Waals surface area contributed by atoms with Crippen LogP contribution in [0, 0.1) is 5.82 Å². The lowest BCUT2D eigenvalue weighted by atomic mass is 9.97. The van der Waals surface area contributed by atoms with Crippen molar-refractivity contribution in [3.05, 3.63) is 58.9 Å². The summed E-state index contributed by atoms with van der Waals surface area (Å²) in [5.41, 5.74) is 1.88. The average molecular weight is 249 g/mol. The van der Waals surface area contributed by atoms with Gasteiger partial charge in [0.05, 0.1) is 0 Å². The first-order valence-electron chi connectivity index (χ1n) is 5.14. The Kier molecular flexibility index (Phi) is 3.25. The van der Waals surface area contributed by atoms with Crippen molar-refractivity contribution < 1.29 is 9.18 Å². The molecular formula is C14H10ClFO. The summed E-state index contributed by atoms with van der Waals surface area (Å²) >= 11 is 5.79. The van der Waals surface area contributed by atoms with Gasteiger partial charge in [0.25, 0.3) is 0 Å². The van der Waals surface area contributed by atoms with Crippen LogP contribution in [-0.2, 0) is 0 Å². The number of benzene rings is 2. The molecule has 0 N–H and O–H groups in total. The predicted molar refractivity (Wildman–Crippen MR) is 66.9 cm³/mol. The highest BCUT2D eigenvalue weighted by atomic mass is 35.5. The minimum absolute atomic E-state index is 0.0880. The molecule has 0 aliphatic heterocycles. The molecule has 0 aliphatic carbocycles. The number of carbonyl (C=O) groups excluding carboxylic acids is 1. The van der Waals surface area contributed by atoms with Crippen molar-refractivity contribution in [2.75, 3.05) is 0 Å². The second-order valence-electron chi connectivity index (χ2n) is 3.75. The van der Waals surface area contributed by atoms with Gasteiger partial charge >= 0.3 is 0 Å². The van der Waals surface area contributed by atoms with Crippen LogP contribution < -0.4 is 0 Å². The van der Waals surface area contributed by atoms with Gasteiger partial charge in [-0.1, -0.05) is 23.7 Å². The minimum Gasteiger partial charge on any atom is -0.294 e. The van der Waals surface area contributed by atoms with Crippen molar-refractivity contribution in [3.63, 3.8) is 0 Å². The molecule has 0 aliphatic rings. The van der Waals surface area contributed by atoms with Crippen molar-refractivity contribution in [2.24, 2.45) is 0 Å². The van der Waals surface area contributed by atoms with Crippen LogP contribution in [0.15, 0.2) is 42.5 Å². The van der Waals surface area contributed by atoms with E-state index in [0.29, 0.717) is 16.1 Å². The Morgan fingerprint density at radius 2 is 1.76 bits per heavy atom. The molecule has 0 amide bonds. The molecule has 0 spiro atoms. The number of ketones is 1. The van der Waals surface area contributed by atoms with Gasteiger partial charge in [-0.25, -0.2) is 4.39 Å². The topological polar surface area (TPSA) is 17.1 Å². The van der Waals surface area contributed by atoms with Gasteiger partial charge < -0.3 is 0 Å². The predicted octanol–water partition coefficient (Wildman–Crippen LogP) is 4.35. The highest BCUT2D eigenvalue weighted by Crippen LogP contribution is 2.26. The van der Waals surface area contributed by atoms with E-state index in [2.05, 4.69) is 0 Å². The maximum absolute atomic E-state index is 13.2. The van der Waals surface area contributed by atoms with Gasteiger partial charge in [-0.3, -0.25) is 4.79 Å². The number of hydrogen-bond donors (Lipinski definition) is 0. The molecule has 2 aromatic carbocycles. The lowest BCUT2D eigenvalue weighted by molar-refractivity contribution is 0.101. The summed E-state index contributed by atoms with van der Waals surface area (Å²) in [6, 6.07) is 11.1. The second-order valence-corrected chi connectivity index (χ2v) is 4.19. The van der Waals surface area contributed by atoms with E-state index in [1.165, 1.54) is 25.1 Å². The lowest BCUT2D eigenvalue weighted by Gasteiger charge is -2.07. The molecule has 0 fully saturated rings. The van der Waals surface area contributed by atoms with E-state index >= 15 is 0 Å². The Hall–Kier alpha value is -1.67. The molecule has 0 aromatic heterocycles. The van der Waals surface area contributed by atoms with E-state index in [0.717, 1.165) is 5.56 Å². The van der Waals surface area contributed by atoms with Crippen LogP contribution in [-0.4, -0.2) is 5.78 Å². The first-order chi connectivity index (χ1) is 8.08. The summed E-state index contributed by atoms with van der Waals surface area (Å²) in [7, 11) is 0. The Morgan fingerprint density at radius 1 is 1.12 bits per heavy atom. The summed E-state index contributed by atoms with van der Waals surface area (Å²) in [4.78, 5) is 11.5. The fourth-order valence-electron chi connectivity index (χ4n) is 1.69. The first-order valence-corrected chi connectivity index (χ1v) is 5.52. The monoisotopic (exact) mass is 248 g/mol. The third-order valence-electron chi connectivity index (χ3n) is 2.52. The molecule has 86 valence electrons. The van der Waals surface area contributed by atoms with E-state index in [-0.39, 0.29) is 11.6 Å². The van der Waals surface area contributed by atoms with Gasteiger partial charge in [-0.05, 0) is 48.4 Å². The summed E-state index contributed by atoms with van der Waals surface area (Å²) in [6.45, 7) is 1.46. The summed E-state index contributed by atoms with van der Waals surface area (Å²) < 4.78 is 13.2. The Bertz CT molecular complexity index is 561. The zero-order valence-corrected chi connectivity index (χ0v) is 9.96. The van der Waals surface area contributed by atoms with Crippen LogP contribution in [0.5, 0.6) is 0 Å². The van der Waals surface area contributed by atoms with Gasteiger partial charge in [0.2, 0.25) is 0 Å². The van der Waals surface area contributed by atoms with Crippen molar-refractivity contribution in [1.29, 1.82) is 0 Å². The molecule has 0 saturated carbocycles. The largest absolute Gasteiger partial charge is 0.294 e. The number of hydrogen-bond acceptors (Lipinski definition) is 1. The third kappa shape index (κ3) is 2.53. The van der Waals surface area contributed by atoms with Crippen LogP contribution in [0.3, 0.4) is 0 Å². The summed E-state index contributed by atoms with van der Waals surface area (Å²) in [5, 5.41) is 0.606. The summed E-state index contributed by atoms with van der Waals surface area (Å²) in [6.07, 6.45) is 0. The molecule has 0 atom stereocenters. The smallest absolute Gasteiger partial charge is 0.160 e. The van der Waals surface area contributed by atoms with Gasteiger partial charge in [-0.2, -0.15) is 0 Å². The Morgan fingerprint density at radius 3 is 2.35 bits per heavy atom. The fraction of sp³-hybridized carbons (Fsp3) is 0.0714. The lowest BCUT2D eigenvalue weighted by Crippen LogP contribution is -1.96. The van der Waals surface area contributed by atoms with Crippen molar-refractivity contribution in [1.82, 2.24) is 0 Å². The zero-order chi connectivity index (χ0) is 12.4. The zero-order valence-electron chi connectivity index (χ0n) is 9.21. The SMILES string of the molecule is CC(=O)c1ccc(F)cc1-c1ccc(Cl)cc1. The van der Waals surface area contributed by atoms with Crippen molar-refractivity contribution in [3.8, 4) is 11.1 Å². The van der Waals surface area contributed by atoms with Crippen molar-refractivity contribution >= 4 is 17.4 Å². The summed E-state index contributed by atoms with van der Waals surface area (Å²) in [5.74, 6) is -0.449. The fourth-order valence-corrected chi connectivity index (χ4v) is 1.82. The van der Waals surface area contributed by atoms with E-state index in [9.17, 15) is 9.18 Å². The van der Waals surface area contributed by atoms with E-state index in [1.54, 1.807) is 24.3 Å². The molecule has 0 heterocycles. The maximum Gasteiger partial charge on any atom is 0.160 e. The second kappa shape index (κ2) is 4.68. The number of rotatable bonds is 2. The molecule has 0 bridgehead atoms. The van der Waals surface area contributed by atoms with E-state index in [1.807, 2.05) is 0 Å². The van der Waals surface area contributed by atoms with Gasteiger partial charge in [-0.15, -0.1) is 0 Å². The average Bonchev–Trinajstić information content (AvgIpc) is 2.29. The van der Waals surface area contributed by atoms with Crippen LogP contribution in [0.2, 0.25) is 5.02 Å². The Balaban J connectivity index is 2.60. The molecule has 0 saturated heterocycles. The minimum atomic E-state index is -0.361. The Labute approximate surface area is 104 Å². The van der Waals surface area contributed by atoms with Crippen LogP contribution in [0.4, 0.5) is 4.39 Å². The van der Waals surface area contributed by atoms with Gasteiger partial charge in [0.15, 0.2) is 5.78 Å². The normalized spacial score (nSPS) is 10.3. The van der Waals surface area contributed by atoms with Gasteiger partial charge in [0, 0.05) is 10.6 Å². The van der Waals surface area contributed by atoms with Gasteiger partial charge in [0.1, 0.15) is 5.82 Å². The molecule has 1 nitrogen and oxygen atoms in total. The molecule has 17 heavy (non-hydrogen) atoms. The van der Waals surface area contributed by atoms with Crippen LogP contribution in [0.25, 0.3) is 11.1 Å². The molecule has 0 radical (unpaired) electrons. The molecule has 3 heteroatoms. The van der Waals surface area contributed by atoms with E-state index < -0.39 is 0 Å². The quantitative estimate of drug-likeness (QED) is 0.722. The standard InChI is InChI=1S/C14H10ClFO/c1-9(17)13-7-6-12(16)8-14(13)10-2-4-11(15)5-3-10/h2-8H,1H3. The molecular weight excluding hydrogens is 239 g/mol. The maximum atomic E-state index is 13.2. The van der Waals surface area contributed by atoms with Crippen LogP contribution >= 0.6 is 11.6 Å². The first kappa shape index (κ1) is 11.8. The third-order valence-corrected chi connectivity index (χ3v) is 2.77. The highest BCUT2D eigenvalue weighted by molar-refractivity contribution is 6.30. The van der Waals surface area contributed by atoms with Crippen molar-refractivity contribution in [2.45, 2.75) is 6.92 Å². The molecule has 2 aromatic rings. The number of Topliss-reactive ketones (excluding diaryl/α,β-unsaturated/α-hetero) is 1. The number of halogens is 2. The van der Waals surface area contributed by atoms with Crippen LogP contribution in [0.1, 0.15) is 17.3 Å². The van der Waals surface area contributed by atoms with E-state index in [4.69, 9.17) is 11.6 Å². The molecule has 2 rings (SSSR count).